The Morgan fingerprint density at radius 3 is 3.04 bits per heavy atom. The maximum absolute atomic E-state index is 13.1. The van der Waals surface area contributed by atoms with Gasteiger partial charge in [-0.15, -0.1) is 11.8 Å². The molecule has 0 aromatic heterocycles. The van der Waals surface area contributed by atoms with E-state index in [0.29, 0.717) is 18.6 Å². The fourth-order valence-corrected chi connectivity index (χ4v) is 4.41. The molecule has 2 saturated heterocycles. The summed E-state index contributed by atoms with van der Waals surface area (Å²) in [5.41, 5.74) is 0.287. The van der Waals surface area contributed by atoms with Gasteiger partial charge in [-0.05, 0) is 31.5 Å². The van der Waals surface area contributed by atoms with Gasteiger partial charge in [0.1, 0.15) is 11.9 Å². The molecule has 2 aliphatic heterocycles. The lowest BCUT2D eigenvalue weighted by Crippen LogP contribution is -2.47. The van der Waals surface area contributed by atoms with Crippen molar-refractivity contribution in [3.63, 3.8) is 0 Å². The minimum Gasteiger partial charge on any atom is -0.454 e. The predicted octanol–water partition coefficient (Wildman–Crippen LogP) is 1.76. The van der Waals surface area contributed by atoms with E-state index in [4.69, 9.17) is 4.74 Å². The molecule has 1 aromatic carbocycles. The first-order valence-electron chi connectivity index (χ1n) is 7.57. The van der Waals surface area contributed by atoms with E-state index in [9.17, 15) is 18.8 Å². The zero-order chi connectivity index (χ0) is 17.3. The van der Waals surface area contributed by atoms with Gasteiger partial charge in [0.25, 0.3) is 5.91 Å². The number of benzene rings is 1. The number of ether oxygens (including phenoxy) is 1. The minimum absolute atomic E-state index is 0.0614. The van der Waals surface area contributed by atoms with Crippen molar-refractivity contribution in [3.05, 3.63) is 30.1 Å². The lowest BCUT2D eigenvalue weighted by Gasteiger charge is -2.29. The first kappa shape index (κ1) is 16.8. The van der Waals surface area contributed by atoms with Crippen LogP contribution in [0.5, 0.6) is 0 Å². The number of fused-ring (bicyclic) bond motifs is 1. The molecule has 6 nitrogen and oxygen atoms in total. The van der Waals surface area contributed by atoms with Crippen molar-refractivity contribution < 1.29 is 23.5 Å². The smallest absolute Gasteiger partial charge is 0.330 e. The Hall–Kier alpha value is -2.09. The fourth-order valence-electron chi connectivity index (χ4n) is 2.99. The zero-order valence-electron chi connectivity index (χ0n) is 13.1. The molecule has 0 saturated carbocycles. The predicted molar refractivity (Wildman–Crippen MR) is 86.7 cm³/mol. The summed E-state index contributed by atoms with van der Waals surface area (Å²) in [4.78, 5) is 37.2. The number of amides is 2. The molecule has 2 heterocycles. The van der Waals surface area contributed by atoms with Crippen LogP contribution in [-0.2, 0) is 19.1 Å². The van der Waals surface area contributed by atoms with E-state index in [1.165, 1.54) is 24.3 Å². The number of nitrogens with zero attached hydrogens (tertiary/aromatic N) is 1. The summed E-state index contributed by atoms with van der Waals surface area (Å²) < 4.78 is 18.1. The number of hydrogen-bond donors (Lipinski definition) is 1. The number of thioether (sulfide) groups is 1. The first-order chi connectivity index (χ1) is 11.4. The molecular weight excluding hydrogens is 335 g/mol. The second-order valence-corrected chi connectivity index (χ2v) is 7.43. The summed E-state index contributed by atoms with van der Waals surface area (Å²) in [5, 5.41) is 2.45. The van der Waals surface area contributed by atoms with Crippen molar-refractivity contribution in [2.45, 2.75) is 30.7 Å². The number of carbonyl (C=O) groups excluding carboxylic acids is 3. The highest BCUT2D eigenvalue weighted by molar-refractivity contribution is 8.01. The monoisotopic (exact) mass is 352 g/mol. The quantitative estimate of drug-likeness (QED) is 0.836. The number of rotatable bonds is 4. The van der Waals surface area contributed by atoms with Crippen molar-refractivity contribution in [3.8, 4) is 0 Å². The average Bonchev–Trinajstić information content (AvgIpc) is 3.02. The molecule has 2 atom stereocenters. The first-order valence-corrected chi connectivity index (χ1v) is 8.56. The van der Waals surface area contributed by atoms with Crippen LogP contribution in [0.3, 0.4) is 0 Å². The summed E-state index contributed by atoms with van der Waals surface area (Å²) in [6.07, 6.45) is 1.13. The maximum atomic E-state index is 13.1. The Balaban J connectivity index is 1.54. The topological polar surface area (TPSA) is 75.7 Å². The molecule has 24 heavy (non-hydrogen) atoms. The third-order valence-electron chi connectivity index (χ3n) is 4.17. The molecule has 0 aliphatic carbocycles. The van der Waals surface area contributed by atoms with Gasteiger partial charge in [-0.25, -0.2) is 9.18 Å². The van der Waals surface area contributed by atoms with Crippen LogP contribution in [0.2, 0.25) is 0 Å². The van der Waals surface area contributed by atoms with Crippen molar-refractivity contribution in [1.29, 1.82) is 0 Å². The third kappa shape index (κ3) is 3.24. The Bertz CT molecular complexity index is 698. The highest BCUT2D eigenvalue weighted by Crippen LogP contribution is 2.47. The summed E-state index contributed by atoms with van der Waals surface area (Å²) in [5.74, 6) is -1.22. The molecule has 3 rings (SSSR count). The summed E-state index contributed by atoms with van der Waals surface area (Å²) >= 11 is 1.56. The van der Waals surface area contributed by atoms with Gasteiger partial charge in [0.2, 0.25) is 5.91 Å². The number of anilines is 1. The Kier molecular flexibility index (Phi) is 4.49. The molecule has 0 unspecified atom stereocenters. The van der Waals surface area contributed by atoms with Crippen molar-refractivity contribution in [2.24, 2.45) is 0 Å². The highest BCUT2D eigenvalue weighted by Gasteiger charge is 2.53. The second-order valence-electron chi connectivity index (χ2n) is 5.93. The van der Waals surface area contributed by atoms with Crippen molar-refractivity contribution in [2.75, 3.05) is 17.7 Å². The number of carbonyl (C=O) groups is 3. The van der Waals surface area contributed by atoms with Gasteiger partial charge >= 0.3 is 5.97 Å². The van der Waals surface area contributed by atoms with Crippen molar-refractivity contribution >= 4 is 35.2 Å². The molecule has 1 aromatic rings. The van der Waals surface area contributed by atoms with E-state index in [2.05, 4.69) is 5.32 Å². The molecule has 128 valence electrons. The highest BCUT2D eigenvalue weighted by atomic mass is 32.2. The van der Waals surface area contributed by atoms with Crippen LogP contribution in [0, 0.1) is 5.82 Å². The normalized spacial score (nSPS) is 25.5. The third-order valence-corrected chi connectivity index (χ3v) is 5.68. The number of hydrogen-bond acceptors (Lipinski definition) is 5. The molecular formula is C16H17FN2O4S. The van der Waals surface area contributed by atoms with E-state index < -0.39 is 30.3 Å². The van der Waals surface area contributed by atoms with Crippen molar-refractivity contribution in [1.82, 2.24) is 4.90 Å². The lowest BCUT2D eigenvalue weighted by molar-refractivity contribution is -0.155. The maximum Gasteiger partial charge on any atom is 0.330 e. The second kappa shape index (κ2) is 6.43. The van der Waals surface area contributed by atoms with Gasteiger partial charge in [-0.2, -0.15) is 0 Å². The standard InChI is InChI=1S/C16H17FN2O4S/c1-16-6-5-14(21)19(16)12(9-24-16)15(22)23-8-13(20)18-11-4-2-3-10(17)7-11/h2-4,7,12H,5-6,8-9H2,1H3,(H,18,20)/t12-,16+/m0/s1. The van der Waals surface area contributed by atoms with Crippen LogP contribution in [0.4, 0.5) is 10.1 Å². The van der Waals surface area contributed by atoms with Crippen LogP contribution < -0.4 is 5.32 Å². The lowest BCUT2D eigenvalue weighted by atomic mass is 10.2. The molecule has 0 spiro atoms. The van der Waals surface area contributed by atoms with Gasteiger partial charge in [0, 0.05) is 17.9 Å². The van der Waals surface area contributed by atoms with E-state index in [1.807, 2.05) is 6.92 Å². The summed E-state index contributed by atoms with van der Waals surface area (Å²) in [6.45, 7) is 1.46. The minimum atomic E-state index is -0.656. The van der Waals surface area contributed by atoms with Gasteiger partial charge in [0.15, 0.2) is 6.61 Å². The molecule has 0 radical (unpaired) electrons. The van der Waals surface area contributed by atoms with Gasteiger partial charge in [-0.3, -0.25) is 9.59 Å². The van der Waals surface area contributed by atoms with Crippen LogP contribution in [0.1, 0.15) is 19.8 Å². The van der Waals surface area contributed by atoms with Gasteiger partial charge in [-0.1, -0.05) is 6.07 Å². The SMILES string of the molecule is C[C@@]12CCC(=O)N1[C@H](C(=O)OCC(=O)Nc1cccc(F)c1)CS2. The number of esters is 1. The largest absolute Gasteiger partial charge is 0.454 e. The molecule has 8 heteroatoms. The van der Waals surface area contributed by atoms with Gasteiger partial charge < -0.3 is 15.0 Å². The molecule has 0 bridgehead atoms. The van der Waals surface area contributed by atoms with E-state index in [0.717, 1.165) is 0 Å². The Labute approximate surface area is 142 Å². The van der Waals surface area contributed by atoms with Crippen LogP contribution >= 0.6 is 11.8 Å². The number of nitrogens with one attached hydrogen (secondary N) is 1. The zero-order valence-corrected chi connectivity index (χ0v) is 13.9. The van der Waals surface area contributed by atoms with Crippen LogP contribution in [-0.4, -0.2) is 46.0 Å². The summed E-state index contributed by atoms with van der Waals surface area (Å²) in [7, 11) is 0. The molecule has 2 fully saturated rings. The Morgan fingerprint density at radius 2 is 2.29 bits per heavy atom. The van der Waals surface area contributed by atoms with E-state index in [1.54, 1.807) is 16.7 Å². The molecule has 2 amide bonds. The van der Waals surface area contributed by atoms with Gasteiger partial charge in [0.05, 0.1) is 4.87 Å². The summed E-state index contributed by atoms with van der Waals surface area (Å²) in [6, 6.07) is 4.77. The molecule has 1 N–H and O–H groups in total. The average molecular weight is 352 g/mol. The van der Waals surface area contributed by atoms with Crippen LogP contribution in [0.15, 0.2) is 24.3 Å². The fraction of sp³-hybridized carbons (Fsp3) is 0.438. The number of halogens is 1. The molecule has 2 aliphatic rings. The Morgan fingerprint density at radius 1 is 1.50 bits per heavy atom. The van der Waals surface area contributed by atoms with E-state index in [-0.39, 0.29) is 16.5 Å². The van der Waals surface area contributed by atoms with Crippen LogP contribution in [0.25, 0.3) is 0 Å². The van der Waals surface area contributed by atoms with E-state index >= 15 is 0 Å².